The van der Waals surface area contributed by atoms with Gasteiger partial charge in [0.1, 0.15) is 23.7 Å². The predicted molar refractivity (Wildman–Crippen MR) is 132 cm³/mol. The van der Waals surface area contributed by atoms with Gasteiger partial charge in [0.05, 0.1) is 18.8 Å². The van der Waals surface area contributed by atoms with Gasteiger partial charge in [-0.2, -0.15) is 0 Å². The van der Waals surface area contributed by atoms with Gasteiger partial charge < -0.3 is 14.1 Å². The molecule has 0 bridgehead atoms. The van der Waals surface area contributed by atoms with Crippen molar-refractivity contribution in [3.63, 3.8) is 0 Å². The van der Waals surface area contributed by atoms with Crippen LogP contribution in [-0.2, 0) is 11.0 Å². The Morgan fingerprint density at radius 3 is 2.62 bits per heavy atom. The van der Waals surface area contributed by atoms with Crippen LogP contribution in [0.1, 0.15) is 61.0 Å². The van der Waals surface area contributed by atoms with Crippen LogP contribution in [-0.4, -0.2) is 27.4 Å². The molecule has 2 aromatic carbocycles. The van der Waals surface area contributed by atoms with Crippen molar-refractivity contribution in [2.24, 2.45) is 0 Å². The highest BCUT2D eigenvalue weighted by atomic mass is 79.9. The van der Waals surface area contributed by atoms with Crippen LogP contribution < -0.4 is 9.64 Å². The van der Waals surface area contributed by atoms with E-state index in [1.165, 1.54) is 6.07 Å². The fourth-order valence-electron chi connectivity index (χ4n) is 3.70. The average molecular weight is 521 g/mol. The number of hydrogen-bond donors (Lipinski definition) is 0. The lowest BCUT2D eigenvalue weighted by Crippen LogP contribution is -2.40. The van der Waals surface area contributed by atoms with Crippen LogP contribution >= 0.6 is 15.9 Å². The van der Waals surface area contributed by atoms with E-state index in [1.54, 1.807) is 4.90 Å². The molecule has 0 radical (unpaired) electrons. The second-order valence-corrected chi connectivity index (χ2v) is 15.9. The van der Waals surface area contributed by atoms with Crippen LogP contribution in [0.3, 0.4) is 0 Å². The van der Waals surface area contributed by atoms with Gasteiger partial charge in [-0.25, -0.2) is 4.39 Å². The maximum atomic E-state index is 15.1. The second-order valence-electron chi connectivity index (χ2n) is 10.2. The molecule has 2 aromatic rings. The Kier molecular flexibility index (Phi) is 6.29. The Morgan fingerprint density at radius 1 is 1.25 bits per heavy atom. The molecule has 1 saturated carbocycles. The third-order valence-corrected chi connectivity index (χ3v) is 12.1. The van der Waals surface area contributed by atoms with Crippen LogP contribution in [0.15, 0.2) is 34.8 Å². The molecule has 4 rings (SSSR count). The zero-order valence-corrected chi connectivity index (χ0v) is 22.0. The van der Waals surface area contributed by atoms with Crippen molar-refractivity contribution < 1.29 is 18.3 Å². The minimum Gasteiger partial charge on any atom is -0.491 e. The molecule has 0 N–H and O–H groups in total. The number of amides is 1. The highest BCUT2D eigenvalue weighted by Gasteiger charge is 2.38. The standard InChI is InChI=1S/C25H31BrFNO3Si/c1-25(2,3)32(4,5)31-15-18-19(26)7-6-8-21(18)28-11-12-30-22-14-17(16-9-10-16)13-20(27)23(22)24(28)29/h6-8,13-14,16H,9-12,15H2,1-5H3. The second kappa shape index (κ2) is 8.58. The number of rotatable bonds is 5. The molecule has 1 aliphatic carbocycles. The van der Waals surface area contributed by atoms with Gasteiger partial charge in [0, 0.05) is 10.0 Å². The summed E-state index contributed by atoms with van der Waals surface area (Å²) in [7, 11) is -2.00. The fraction of sp³-hybridized carbons (Fsp3) is 0.480. The van der Waals surface area contributed by atoms with E-state index in [0.717, 1.165) is 34.1 Å². The summed E-state index contributed by atoms with van der Waals surface area (Å²) in [6, 6.07) is 9.09. The zero-order valence-electron chi connectivity index (χ0n) is 19.4. The summed E-state index contributed by atoms with van der Waals surface area (Å²) in [5.74, 6) is -0.134. The molecule has 7 heteroatoms. The van der Waals surface area contributed by atoms with E-state index in [2.05, 4.69) is 49.8 Å². The van der Waals surface area contributed by atoms with E-state index in [9.17, 15) is 4.79 Å². The van der Waals surface area contributed by atoms with Gasteiger partial charge in [-0.3, -0.25) is 4.79 Å². The summed E-state index contributed by atoms with van der Waals surface area (Å²) in [5, 5.41) is 0.0714. The Labute approximate surface area is 199 Å². The molecule has 4 nitrogen and oxygen atoms in total. The maximum Gasteiger partial charge on any atom is 0.265 e. The van der Waals surface area contributed by atoms with Gasteiger partial charge >= 0.3 is 0 Å². The summed E-state index contributed by atoms with van der Waals surface area (Å²) in [4.78, 5) is 15.2. The topological polar surface area (TPSA) is 38.8 Å². The molecule has 0 saturated heterocycles. The third kappa shape index (κ3) is 4.52. The Hall–Kier alpha value is -1.70. The molecule has 172 valence electrons. The zero-order chi connectivity index (χ0) is 23.3. The minimum atomic E-state index is -2.00. The number of nitrogens with zero attached hydrogens (tertiary/aromatic N) is 1. The maximum absolute atomic E-state index is 15.1. The number of halogens is 2. The summed E-state index contributed by atoms with van der Waals surface area (Å²) < 4.78 is 28.3. The first-order valence-corrected chi connectivity index (χ1v) is 14.9. The number of hydrogen-bond acceptors (Lipinski definition) is 3. The van der Waals surface area contributed by atoms with E-state index >= 15 is 4.39 Å². The van der Waals surface area contributed by atoms with Gasteiger partial charge in [0.2, 0.25) is 0 Å². The minimum absolute atomic E-state index is 0.0168. The summed E-state index contributed by atoms with van der Waals surface area (Å²) in [6.07, 6.45) is 2.13. The van der Waals surface area contributed by atoms with Gasteiger partial charge in [-0.15, -0.1) is 0 Å². The Balaban J connectivity index is 1.68. The van der Waals surface area contributed by atoms with Crippen molar-refractivity contribution in [1.29, 1.82) is 0 Å². The van der Waals surface area contributed by atoms with Crippen LogP contribution in [0.4, 0.5) is 10.1 Å². The smallest absolute Gasteiger partial charge is 0.265 e. The van der Waals surface area contributed by atoms with E-state index in [0.29, 0.717) is 31.4 Å². The van der Waals surface area contributed by atoms with Crippen LogP contribution in [0.2, 0.25) is 18.1 Å². The molecule has 0 unspecified atom stereocenters. The van der Waals surface area contributed by atoms with Gasteiger partial charge in [0.15, 0.2) is 8.32 Å². The first-order valence-electron chi connectivity index (χ1n) is 11.2. The predicted octanol–water partition coefficient (Wildman–Crippen LogP) is 7.03. The van der Waals surface area contributed by atoms with Gasteiger partial charge in [-0.1, -0.05) is 42.8 Å². The largest absolute Gasteiger partial charge is 0.491 e. The lowest BCUT2D eigenvalue weighted by atomic mass is 10.0. The number of ether oxygens (including phenoxy) is 1. The first-order chi connectivity index (χ1) is 15.0. The van der Waals surface area contributed by atoms with Crippen LogP contribution in [0.25, 0.3) is 0 Å². The Morgan fingerprint density at radius 2 is 1.97 bits per heavy atom. The van der Waals surface area contributed by atoms with E-state index in [-0.39, 0.29) is 16.5 Å². The monoisotopic (exact) mass is 519 g/mol. The molecule has 2 aliphatic rings. The first kappa shape index (κ1) is 23.5. The van der Waals surface area contributed by atoms with Crippen molar-refractivity contribution in [3.05, 3.63) is 57.3 Å². The van der Waals surface area contributed by atoms with Crippen molar-refractivity contribution in [2.75, 3.05) is 18.1 Å². The van der Waals surface area contributed by atoms with E-state index in [1.807, 2.05) is 24.3 Å². The summed E-state index contributed by atoms with van der Waals surface area (Å²) in [6.45, 7) is 12.0. The fourth-order valence-corrected chi connectivity index (χ4v) is 5.11. The summed E-state index contributed by atoms with van der Waals surface area (Å²) >= 11 is 3.64. The number of anilines is 1. The van der Waals surface area contributed by atoms with Gasteiger partial charge in [0.25, 0.3) is 5.91 Å². The number of carbonyl (C=O) groups is 1. The number of benzene rings is 2. The lowest BCUT2D eigenvalue weighted by molar-refractivity contribution is 0.0985. The molecule has 32 heavy (non-hydrogen) atoms. The quantitative estimate of drug-likeness (QED) is 0.398. The van der Waals surface area contributed by atoms with Crippen molar-refractivity contribution >= 4 is 35.8 Å². The van der Waals surface area contributed by atoms with Crippen LogP contribution in [0.5, 0.6) is 5.75 Å². The highest BCUT2D eigenvalue weighted by Crippen LogP contribution is 2.43. The van der Waals surface area contributed by atoms with Crippen molar-refractivity contribution in [2.45, 2.75) is 64.3 Å². The highest BCUT2D eigenvalue weighted by molar-refractivity contribution is 9.10. The Bertz CT molecular complexity index is 1050. The van der Waals surface area contributed by atoms with Crippen molar-refractivity contribution in [3.8, 4) is 5.75 Å². The SMILES string of the molecule is CC(C)(C)[Si](C)(C)OCc1c(Br)cccc1N1CCOc2cc(C3CC3)cc(F)c2C1=O. The van der Waals surface area contributed by atoms with Crippen molar-refractivity contribution in [1.82, 2.24) is 0 Å². The lowest BCUT2D eigenvalue weighted by Gasteiger charge is -2.36. The number of carbonyl (C=O) groups excluding carboxylic acids is 1. The molecule has 1 fully saturated rings. The van der Waals surface area contributed by atoms with E-state index < -0.39 is 14.1 Å². The number of fused-ring (bicyclic) bond motifs is 1. The molecular weight excluding hydrogens is 489 g/mol. The molecule has 1 heterocycles. The molecule has 0 spiro atoms. The molecular formula is C25H31BrFNO3Si. The van der Waals surface area contributed by atoms with Crippen LogP contribution in [0, 0.1) is 5.82 Å². The molecule has 1 amide bonds. The average Bonchev–Trinajstić information content (AvgIpc) is 3.54. The third-order valence-electron chi connectivity index (χ3n) is 6.93. The molecule has 1 aliphatic heterocycles. The molecule has 0 atom stereocenters. The van der Waals surface area contributed by atoms with E-state index in [4.69, 9.17) is 9.16 Å². The van der Waals surface area contributed by atoms with Gasteiger partial charge in [-0.05, 0) is 66.7 Å². The normalized spacial score (nSPS) is 17.1. The molecule has 0 aromatic heterocycles. The summed E-state index contributed by atoms with van der Waals surface area (Å²) in [5.41, 5.74) is 2.56.